The minimum Gasteiger partial charge on any atom is -0.369 e. The number of nitrogens with zero attached hydrogens (tertiary/aromatic N) is 4. The number of fused-ring (bicyclic) bond motifs is 1. The Labute approximate surface area is 124 Å². The second kappa shape index (κ2) is 6.00. The van der Waals surface area contributed by atoms with Crippen molar-refractivity contribution >= 4 is 16.7 Å². The van der Waals surface area contributed by atoms with Gasteiger partial charge >= 0.3 is 0 Å². The standard InChI is InChI=1S/C14H13F2N5O/c1-8-20-13(22-21-8)3-2-4-17-14-9-5-10(15)11(16)6-12(9)18-7-19-14/h5-7H,2-4H2,1H3,(H,17,18,19). The maximum atomic E-state index is 13.4. The molecule has 0 unspecified atom stereocenters. The molecule has 0 aliphatic heterocycles. The summed E-state index contributed by atoms with van der Waals surface area (Å²) in [4.78, 5) is 12.1. The number of nitrogens with one attached hydrogen (secondary N) is 1. The molecule has 22 heavy (non-hydrogen) atoms. The molecule has 0 bridgehead atoms. The number of anilines is 1. The average molecular weight is 305 g/mol. The van der Waals surface area contributed by atoms with E-state index in [2.05, 4.69) is 25.4 Å². The van der Waals surface area contributed by atoms with Crippen LogP contribution in [0.4, 0.5) is 14.6 Å². The van der Waals surface area contributed by atoms with Crippen molar-refractivity contribution in [2.75, 3.05) is 11.9 Å². The Bertz CT molecular complexity index is 805. The molecular weight excluding hydrogens is 292 g/mol. The highest BCUT2D eigenvalue weighted by molar-refractivity contribution is 5.88. The summed E-state index contributed by atoms with van der Waals surface area (Å²) in [6, 6.07) is 2.15. The van der Waals surface area contributed by atoms with Crippen molar-refractivity contribution in [2.45, 2.75) is 19.8 Å². The Kier molecular flexibility index (Phi) is 3.90. The van der Waals surface area contributed by atoms with Crippen LogP contribution in [0.2, 0.25) is 0 Å². The van der Waals surface area contributed by atoms with Crippen LogP contribution in [0.5, 0.6) is 0 Å². The zero-order valence-electron chi connectivity index (χ0n) is 11.8. The van der Waals surface area contributed by atoms with Crippen molar-refractivity contribution in [2.24, 2.45) is 0 Å². The molecule has 0 saturated carbocycles. The third-order valence-corrected chi connectivity index (χ3v) is 3.11. The Balaban J connectivity index is 1.67. The number of aryl methyl sites for hydroxylation is 2. The number of benzene rings is 1. The summed E-state index contributed by atoms with van der Waals surface area (Å²) in [5, 5.41) is 7.23. The maximum Gasteiger partial charge on any atom is 0.226 e. The summed E-state index contributed by atoms with van der Waals surface area (Å²) in [5.74, 6) is -0.219. The molecule has 0 atom stereocenters. The van der Waals surface area contributed by atoms with Crippen LogP contribution in [0, 0.1) is 18.6 Å². The fourth-order valence-corrected chi connectivity index (χ4v) is 2.08. The molecule has 0 aliphatic rings. The fourth-order valence-electron chi connectivity index (χ4n) is 2.08. The quantitative estimate of drug-likeness (QED) is 0.730. The van der Waals surface area contributed by atoms with Gasteiger partial charge in [-0.1, -0.05) is 5.16 Å². The summed E-state index contributed by atoms with van der Waals surface area (Å²) >= 11 is 0. The van der Waals surface area contributed by atoms with Gasteiger partial charge in [0.25, 0.3) is 0 Å². The van der Waals surface area contributed by atoms with Gasteiger partial charge in [0.05, 0.1) is 5.52 Å². The number of rotatable bonds is 5. The number of aromatic nitrogens is 4. The normalized spacial score (nSPS) is 11.0. The van der Waals surface area contributed by atoms with Crippen LogP contribution in [-0.4, -0.2) is 26.7 Å². The van der Waals surface area contributed by atoms with Crippen molar-refractivity contribution in [3.63, 3.8) is 0 Å². The van der Waals surface area contributed by atoms with Crippen LogP contribution in [0.15, 0.2) is 23.0 Å². The molecule has 8 heteroatoms. The highest BCUT2D eigenvalue weighted by Gasteiger charge is 2.09. The summed E-state index contributed by atoms with van der Waals surface area (Å²) in [7, 11) is 0. The molecule has 3 rings (SSSR count). The molecule has 0 fully saturated rings. The molecule has 6 nitrogen and oxygen atoms in total. The molecule has 1 N–H and O–H groups in total. The van der Waals surface area contributed by atoms with Gasteiger partial charge in [0.1, 0.15) is 12.1 Å². The minimum absolute atomic E-state index is 0.351. The Morgan fingerprint density at radius 2 is 2.00 bits per heavy atom. The van der Waals surface area contributed by atoms with Gasteiger partial charge in [0, 0.05) is 24.4 Å². The third-order valence-electron chi connectivity index (χ3n) is 3.11. The van der Waals surface area contributed by atoms with E-state index in [9.17, 15) is 8.78 Å². The van der Waals surface area contributed by atoms with E-state index in [1.165, 1.54) is 6.33 Å². The predicted molar refractivity (Wildman–Crippen MR) is 75.3 cm³/mol. The molecule has 114 valence electrons. The smallest absolute Gasteiger partial charge is 0.226 e. The second-order valence-electron chi connectivity index (χ2n) is 4.77. The SMILES string of the molecule is Cc1noc(CCCNc2ncnc3cc(F)c(F)cc23)n1. The lowest BCUT2D eigenvalue weighted by Crippen LogP contribution is -2.06. The number of halogens is 2. The maximum absolute atomic E-state index is 13.4. The van der Waals surface area contributed by atoms with E-state index in [1.807, 2.05) is 0 Å². The molecule has 0 amide bonds. The van der Waals surface area contributed by atoms with Crippen molar-refractivity contribution < 1.29 is 13.3 Å². The molecule has 1 aromatic carbocycles. The van der Waals surface area contributed by atoms with Crippen LogP contribution in [0.25, 0.3) is 10.9 Å². The lowest BCUT2D eigenvalue weighted by atomic mass is 10.2. The zero-order chi connectivity index (χ0) is 15.5. The van der Waals surface area contributed by atoms with E-state index in [4.69, 9.17) is 4.52 Å². The second-order valence-corrected chi connectivity index (χ2v) is 4.77. The Hall–Kier alpha value is -2.64. The van der Waals surface area contributed by atoms with Crippen molar-refractivity contribution in [3.8, 4) is 0 Å². The summed E-state index contributed by atoms with van der Waals surface area (Å²) in [5.41, 5.74) is 0.351. The van der Waals surface area contributed by atoms with Gasteiger partial charge in [-0.15, -0.1) is 0 Å². The van der Waals surface area contributed by atoms with Gasteiger partial charge in [-0.3, -0.25) is 0 Å². The van der Waals surface area contributed by atoms with Crippen LogP contribution in [-0.2, 0) is 6.42 Å². The molecule has 0 radical (unpaired) electrons. The van der Waals surface area contributed by atoms with E-state index < -0.39 is 11.6 Å². The van der Waals surface area contributed by atoms with E-state index in [-0.39, 0.29) is 0 Å². The molecule has 0 spiro atoms. The van der Waals surface area contributed by atoms with Crippen molar-refractivity contribution in [3.05, 3.63) is 41.8 Å². The molecule has 0 saturated heterocycles. The minimum atomic E-state index is -0.927. The topological polar surface area (TPSA) is 76.7 Å². The summed E-state index contributed by atoms with van der Waals surface area (Å²) in [6.45, 7) is 2.33. The van der Waals surface area contributed by atoms with E-state index in [1.54, 1.807) is 6.92 Å². The molecule has 2 heterocycles. The first kappa shape index (κ1) is 14.3. The van der Waals surface area contributed by atoms with Crippen LogP contribution in [0.3, 0.4) is 0 Å². The predicted octanol–water partition coefficient (Wildman–Crippen LogP) is 2.64. The fraction of sp³-hybridized carbons (Fsp3) is 0.286. The third kappa shape index (κ3) is 3.00. The first-order chi connectivity index (χ1) is 10.6. The Morgan fingerprint density at radius 3 is 2.77 bits per heavy atom. The lowest BCUT2D eigenvalue weighted by Gasteiger charge is -2.07. The van der Waals surface area contributed by atoms with E-state index in [0.717, 1.165) is 18.6 Å². The average Bonchev–Trinajstić information content (AvgIpc) is 2.91. The van der Waals surface area contributed by atoms with Crippen molar-refractivity contribution in [1.82, 2.24) is 20.1 Å². The Morgan fingerprint density at radius 1 is 1.18 bits per heavy atom. The molecular formula is C14H13F2N5O. The molecule has 2 aromatic heterocycles. The lowest BCUT2D eigenvalue weighted by molar-refractivity contribution is 0.373. The van der Waals surface area contributed by atoms with Gasteiger partial charge in [-0.2, -0.15) is 4.98 Å². The summed E-state index contributed by atoms with van der Waals surface area (Å²) < 4.78 is 31.6. The number of hydrogen-bond donors (Lipinski definition) is 1. The van der Waals surface area contributed by atoms with Crippen molar-refractivity contribution in [1.29, 1.82) is 0 Å². The highest BCUT2D eigenvalue weighted by atomic mass is 19.2. The largest absolute Gasteiger partial charge is 0.369 e. The van der Waals surface area contributed by atoms with Crippen LogP contribution < -0.4 is 5.32 Å². The van der Waals surface area contributed by atoms with E-state index in [0.29, 0.717) is 41.4 Å². The van der Waals surface area contributed by atoms with Gasteiger partial charge in [0.2, 0.25) is 5.89 Å². The van der Waals surface area contributed by atoms with Gasteiger partial charge in [-0.25, -0.2) is 18.7 Å². The van der Waals surface area contributed by atoms with Gasteiger partial charge in [0.15, 0.2) is 17.5 Å². The van der Waals surface area contributed by atoms with Crippen LogP contribution >= 0.6 is 0 Å². The highest BCUT2D eigenvalue weighted by Crippen LogP contribution is 2.22. The summed E-state index contributed by atoms with van der Waals surface area (Å²) in [6.07, 6.45) is 2.67. The number of hydrogen-bond acceptors (Lipinski definition) is 6. The monoisotopic (exact) mass is 305 g/mol. The first-order valence-electron chi connectivity index (χ1n) is 6.76. The van der Waals surface area contributed by atoms with Crippen LogP contribution in [0.1, 0.15) is 18.1 Å². The van der Waals surface area contributed by atoms with E-state index >= 15 is 0 Å². The zero-order valence-corrected chi connectivity index (χ0v) is 11.8. The van der Waals surface area contributed by atoms with Gasteiger partial charge < -0.3 is 9.84 Å². The first-order valence-corrected chi connectivity index (χ1v) is 6.76. The molecule has 3 aromatic rings. The van der Waals surface area contributed by atoms with Gasteiger partial charge in [-0.05, 0) is 19.4 Å². The molecule has 0 aliphatic carbocycles.